The highest BCUT2D eigenvalue weighted by molar-refractivity contribution is 5.80. The van der Waals surface area contributed by atoms with Crippen molar-refractivity contribution < 1.29 is 0 Å². The van der Waals surface area contributed by atoms with E-state index in [1.165, 1.54) is 0 Å². The minimum atomic E-state index is -0.0312. The van der Waals surface area contributed by atoms with Crippen molar-refractivity contribution in [1.82, 2.24) is 9.13 Å². The number of rotatable bonds is 0. The van der Waals surface area contributed by atoms with Crippen LogP contribution >= 0.6 is 0 Å². The summed E-state index contributed by atoms with van der Waals surface area (Å²) in [5, 5.41) is 0.989. The maximum atomic E-state index is 11.8. The van der Waals surface area contributed by atoms with Gasteiger partial charge < -0.3 is 0 Å². The fourth-order valence-corrected chi connectivity index (χ4v) is 2.52. The maximum absolute atomic E-state index is 11.8. The summed E-state index contributed by atoms with van der Waals surface area (Å²) in [6.45, 7) is 4.45. The van der Waals surface area contributed by atoms with Crippen molar-refractivity contribution in [1.29, 1.82) is 0 Å². The number of aryl methyl sites for hydroxylation is 1. The fraction of sp³-hybridized carbons (Fsp3) is 0.333. The molecule has 0 aromatic carbocycles. The zero-order valence-corrected chi connectivity index (χ0v) is 9.23. The summed E-state index contributed by atoms with van der Waals surface area (Å²) >= 11 is 0. The monoisotopic (exact) mass is 216 g/mol. The molecule has 2 aromatic rings. The van der Waals surface area contributed by atoms with Gasteiger partial charge in [-0.3, -0.25) is 18.7 Å². The van der Waals surface area contributed by atoms with Crippen molar-refractivity contribution in [3.05, 3.63) is 44.5 Å². The molecule has 1 unspecified atom stereocenters. The molecule has 0 amide bonds. The van der Waals surface area contributed by atoms with Crippen LogP contribution < -0.4 is 11.1 Å². The molecule has 0 fully saturated rings. The summed E-state index contributed by atoms with van der Waals surface area (Å²) in [5.74, 6) is 0. The van der Waals surface area contributed by atoms with Gasteiger partial charge in [-0.15, -0.1) is 0 Å². The first kappa shape index (κ1) is 9.39. The minimum Gasteiger partial charge on any atom is -0.292 e. The third-order valence-corrected chi connectivity index (χ3v) is 3.27. The van der Waals surface area contributed by atoms with E-state index >= 15 is 0 Å². The topological polar surface area (TPSA) is 44.0 Å². The maximum Gasteiger partial charge on any atom is 0.252 e. The van der Waals surface area contributed by atoms with E-state index in [9.17, 15) is 9.59 Å². The van der Waals surface area contributed by atoms with Crippen LogP contribution in [0.1, 0.15) is 18.5 Å². The summed E-state index contributed by atoms with van der Waals surface area (Å²) in [4.78, 5) is 23.6. The largest absolute Gasteiger partial charge is 0.292 e. The van der Waals surface area contributed by atoms with Crippen LogP contribution in [0.25, 0.3) is 11.0 Å². The van der Waals surface area contributed by atoms with E-state index in [0.29, 0.717) is 6.54 Å². The van der Waals surface area contributed by atoms with Gasteiger partial charge >= 0.3 is 0 Å². The molecule has 1 aliphatic heterocycles. The first-order chi connectivity index (χ1) is 7.59. The molecule has 4 nitrogen and oxygen atoms in total. The van der Waals surface area contributed by atoms with Gasteiger partial charge in [0.2, 0.25) is 0 Å². The van der Waals surface area contributed by atoms with Gasteiger partial charge in [0, 0.05) is 24.1 Å². The van der Waals surface area contributed by atoms with Crippen molar-refractivity contribution in [2.24, 2.45) is 0 Å². The lowest BCUT2D eigenvalue weighted by atomic mass is 10.2. The van der Waals surface area contributed by atoms with Crippen LogP contribution in [0, 0.1) is 6.92 Å². The molecule has 0 spiro atoms. The van der Waals surface area contributed by atoms with E-state index in [0.717, 1.165) is 16.6 Å². The van der Waals surface area contributed by atoms with Gasteiger partial charge in [0.25, 0.3) is 11.1 Å². The first-order valence-electron chi connectivity index (χ1n) is 5.35. The minimum absolute atomic E-state index is 0.0197. The molecule has 1 atom stereocenters. The Morgan fingerprint density at radius 3 is 2.75 bits per heavy atom. The van der Waals surface area contributed by atoms with Crippen LogP contribution in [0.4, 0.5) is 0 Å². The Hall–Kier alpha value is -1.84. The van der Waals surface area contributed by atoms with E-state index in [1.54, 1.807) is 27.3 Å². The highest BCUT2D eigenvalue weighted by Gasteiger charge is 2.22. The standard InChI is InChI=1S/C12H12N2O2/c1-7-5-11(16)13-6-8(2)14-10(15)4-3-9(7)12(13)14/h3-5,8H,6H2,1-2H3. The molecule has 0 aliphatic carbocycles. The molecule has 2 aromatic heterocycles. The quantitative estimate of drug-likeness (QED) is 0.660. The van der Waals surface area contributed by atoms with Gasteiger partial charge in [-0.1, -0.05) is 0 Å². The summed E-state index contributed by atoms with van der Waals surface area (Å²) in [5.41, 5.74) is 1.65. The summed E-state index contributed by atoms with van der Waals surface area (Å²) in [7, 11) is 0. The highest BCUT2D eigenvalue weighted by Crippen LogP contribution is 2.24. The van der Waals surface area contributed by atoms with Crippen LogP contribution in [0.15, 0.2) is 27.8 Å². The molecule has 3 heterocycles. The Morgan fingerprint density at radius 2 is 2.00 bits per heavy atom. The van der Waals surface area contributed by atoms with Crippen molar-refractivity contribution >= 4 is 11.0 Å². The molecule has 3 rings (SSSR count). The van der Waals surface area contributed by atoms with Crippen molar-refractivity contribution in [2.75, 3.05) is 0 Å². The average molecular weight is 216 g/mol. The van der Waals surface area contributed by atoms with Gasteiger partial charge in [0.15, 0.2) is 0 Å². The van der Waals surface area contributed by atoms with E-state index in [1.807, 2.05) is 13.8 Å². The van der Waals surface area contributed by atoms with Crippen LogP contribution in [-0.2, 0) is 6.54 Å². The Kier molecular flexibility index (Phi) is 1.67. The van der Waals surface area contributed by atoms with Crippen LogP contribution in [0.2, 0.25) is 0 Å². The second kappa shape index (κ2) is 2.84. The number of hydrogen-bond acceptors (Lipinski definition) is 2. The van der Waals surface area contributed by atoms with Crippen molar-refractivity contribution in [3.63, 3.8) is 0 Å². The summed E-state index contributed by atoms with van der Waals surface area (Å²) < 4.78 is 3.40. The molecule has 0 bridgehead atoms. The van der Waals surface area contributed by atoms with Crippen LogP contribution in [-0.4, -0.2) is 9.13 Å². The first-order valence-corrected chi connectivity index (χ1v) is 5.35. The van der Waals surface area contributed by atoms with Crippen LogP contribution in [0.3, 0.4) is 0 Å². The second-order valence-corrected chi connectivity index (χ2v) is 4.40. The lowest BCUT2D eigenvalue weighted by Gasteiger charge is -2.07. The molecule has 16 heavy (non-hydrogen) atoms. The van der Waals surface area contributed by atoms with Gasteiger partial charge in [0.1, 0.15) is 5.65 Å². The van der Waals surface area contributed by atoms with Crippen molar-refractivity contribution in [3.8, 4) is 0 Å². The van der Waals surface area contributed by atoms with E-state index in [-0.39, 0.29) is 17.2 Å². The SMILES string of the molecule is Cc1cc(=O)n2c3c1ccc(=O)n3C(C)C2. The Morgan fingerprint density at radius 1 is 1.25 bits per heavy atom. The fourth-order valence-electron chi connectivity index (χ4n) is 2.52. The number of aromatic nitrogens is 2. The van der Waals surface area contributed by atoms with E-state index < -0.39 is 0 Å². The molecular formula is C12H12N2O2. The normalized spacial score (nSPS) is 18.2. The Bertz CT molecular complexity index is 709. The zero-order chi connectivity index (χ0) is 11.4. The summed E-state index contributed by atoms with van der Waals surface area (Å²) in [6.07, 6.45) is 0. The second-order valence-electron chi connectivity index (χ2n) is 4.40. The summed E-state index contributed by atoms with van der Waals surface area (Å²) in [6, 6.07) is 5.07. The van der Waals surface area contributed by atoms with E-state index in [2.05, 4.69) is 0 Å². The average Bonchev–Trinajstić information content (AvgIpc) is 2.56. The lowest BCUT2D eigenvalue weighted by Crippen LogP contribution is -2.20. The van der Waals surface area contributed by atoms with E-state index in [4.69, 9.17) is 0 Å². The predicted molar refractivity (Wildman–Crippen MR) is 61.9 cm³/mol. The molecule has 0 saturated heterocycles. The zero-order valence-electron chi connectivity index (χ0n) is 9.23. The smallest absolute Gasteiger partial charge is 0.252 e. The van der Waals surface area contributed by atoms with Gasteiger partial charge in [0.05, 0.1) is 6.04 Å². The van der Waals surface area contributed by atoms with Crippen LogP contribution in [0.5, 0.6) is 0 Å². The predicted octanol–water partition coefficient (Wildman–Crippen LogP) is 1.05. The molecule has 0 saturated carbocycles. The third-order valence-electron chi connectivity index (χ3n) is 3.27. The highest BCUT2D eigenvalue weighted by atomic mass is 16.1. The molecule has 1 aliphatic rings. The van der Waals surface area contributed by atoms with Gasteiger partial charge in [-0.2, -0.15) is 0 Å². The number of hydrogen-bond donors (Lipinski definition) is 0. The number of nitrogens with zero attached hydrogens (tertiary/aromatic N) is 2. The third kappa shape index (κ3) is 0.988. The molecular weight excluding hydrogens is 204 g/mol. The van der Waals surface area contributed by atoms with Gasteiger partial charge in [-0.25, -0.2) is 0 Å². The van der Waals surface area contributed by atoms with Gasteiger partial charge in [-0.05, 0) is 25.5 Å². The Labute approximate surface area is 91.7 Å². The molecule has 0 N–H and O–H groups in total. The molecule has 0 radical (unpaired) electrons. The number of pyridine rings is 2. The van der Waals surface area contributed by atoms with Crippen molar-refractivity contribution in [2.45, 2.75) is 26.4 Å². The Balaban J connectivity index is 2.67. The molecule has 4 heteroatoms. The lowest BCUT2D eigenvalue weighted by molar-refractivity contribution is 0.527. The molecule has 82 valence electrons.